The average Bonchev–Trinajstić information content (AvgIpc) is 3.35. The summed E-state index contributed by atoms with van der Waals surface area (Å²) >= 11 is 5.14. The van der Waals surface area contributed by atoms with Crippen molar-refractivity contribution in [2.45, 2.75) is 30.4 Å². The van der Waals surface area contributed by atoms with Crippen molar-refractivity contribution in [2.24, 2.45) is 0 Å². The molecule has 0 saturated carbocycles. The van der Waals surface area contributed by atoms with Crippen LogP contribution in [0.15, 0.2) is 58.8 Å². The zero-order chi connectivity index (χ0) is 20.1. The molecule has 0 aliphatic rings. The summed E-state index contributed by atoms with van der Waals surface area (Å²) in [6.07, 6.45) is 1.76. The molecule has 1 amide bonds. The van der Waals surface area contributed by atoms with Crippen LogP contribution in [0.4, 0.5) is 0 Å². The summed E-state index contributed by atoms with van der Waals surface area (Å²) in [6.45, 7) is 2.67. The van der Waals surface area contributed by atoms with Crippen molar-refractivity contribution in [3.8, 4) is 0 Å². The van der Waals surface area contributed by atoms with Crippen molar-refractivity contribution >= 4 is 50.6 Å². The van der Waals surface area contributed by atoms with Crippen LogP contribution in [0.3, 0.4) is 0 Å². The van der Waals surface area contributed by atoms with E-state index in [4.69, 9.17) is 0 Å². The molecule has 0 radical (unpaired) electrons. The summed E-state index contributed by atoms with van der Waals surface area (Å²) in [4.78, 5) is 22.6. The molecule has 4 nitrogen and oxygen atoms in total. The van der Waals surface area contributed by atoms with Crippen molar-refractivity contribution in [1.82, 2.24) is 15.3 Å². The minimum absolute atomic E-state index is 0.0269. The number of amides is 1. The zero-order valence-electron chi connectivity index (χ0n) is 16.1. The largest absolute Gasteiger partial charge is 0.352 e. The summed E-state index contributed by atoms with van der Waals surface area (Å²) in [5.74, 6) is 0.822. The number of carbonyl (C=O) groups excluding carboxylic acids is 1. The second-order valence-corrected chi connectivity index (χ2v) is 9.83. The van der Waals surface area contributed by atoms with Crippen LogP contribution >= 0.6 is 34.4 Å². The van der Waals surface area contributed by atoms with Crippen LogP contribution in [-0.4, -0.2) is 22.4 Å². The van der Waals surface area contributed by atoms with Gasteiger partial charge in [0.1, 0.15) is 0 Å². The highest BCUT2D eigenvalue weighted by Crippen LogP contribution is 2.24. The average molecular weight is 440 g/mol. The normalized spacial score (nSPS) is 11.1. The second-order valence-electron chi connectivity index (χ2n) is 6.61. The first-order chi connectivity index (χ1) is 14.2. The van der Waals surface area contributed by atoms with Crippen LogP contribution in [-0.2, 0) is 12.2 Å². The topological polar surface area (TPSA) is 54.9 Å². The Morgan fingerprint density at radius 1 is 1.10 bits per heavy atom. The molecule has 0 bridgehead atoms. The number of carbonyl (C=O) groups is 1. The lowest BCUT2D eigenvalue weighted by Crippen LogP contribution is -2.24. The highest BCUT2D eigenvalue weighted by atomic mass is 32.2. The van der Waals surface area contributed by atoms with Gasteiger partial charge in [0, 0.05) is 34.6 Å². The minimum atomic E-state index is -0.0269. The first-order valence-corrected chi connectivity index (χ1v) is 12.1. The quantitative estimate of drug-likeness (QED) is 0.282. The third-order valence-electron chi connectivity index (χ3n) is 4.36. The number of hydrogen-bond acceptors (Lipinski definition) is 6. The lowest BCUT2D eigenvalue weighted by molar-refractivity contribution is 0.0953. The molecule has 0 saturated heterocycles. The van der Waals surface area contributed by atoms with Crippen molar-refractivity contribution in [3.05, 3.63) is 75.2 Å². The standard InChI is InChI=1S/C22H21N3OS3/c1-15-24-17(13-27-15)14-28-18-10-8-16(9-11-18)22(26)23-12-4-7-21-25-19-5-2-3-6-20(19)29-21/h2-3,5-6,8-11,13H,4,7,12,14H2,1H3,(H,23,26). The van der Waals surface area contributed by atoms with Crippen LogP contribution in [0.2, 0.25) is 0 Å². The fourth-order valence-electron chi connectivity index (χ4n) is 2.90. The van der Waals surface area contributed by atoms with Gasteiger partial charge in [0.2, 0.25) is 0 Å². The molecule has 148 valence electrons. The van der Waals surface area contributed by atoms with E-state index in [0.29, 0.717) is 12.1 Å². The number of benzene rings is 2. The molecule has 1 N–H and O–H groups in total. The van der Waals surface area contributed by atoms with Gasteiger partial charge in [-0.15, -0.1) is 34.4 Å². The van der Waals surface area contributed by atoms with E-state index >= 15 is 0 Å². The smallest absolute Gasteiger partial charge is 0.251 e. The Hall–Kier alpha value is -2.22. The number of nitrogens with zero attached hydrogens (tertiary/aromatic N) is 2. The lowest BCUT2D eigenvalue weighted by Gasteiger charge is -2.06. The van der Waals surface area contributed by atoms with Gasteiger partial charge in [0.15, 0.2) is 0 Å². The molecule has 2 aromatic carbocycles. The molecule has 0 spiro atoms. The summed E-state index contributed by atoms with van der Waals surface area (Å²) in [6, 6.07) is 16.0. The molecule has 0 aliphatic carbocycles. The molecular weight excluding hydrogens is 418 g/mol. The van der Waals surface area contributed by atoms with E-state index in [1.54, 1.807) is 34.4 Å². The van der Waals surface area contributed by atoms with E-state index < -0.39 is 0 Å². The van der Waals surface area contributed by atoms with E-state index in [-0.39, 0.29) is 5.91 Å². The van der Waals surface area contributed by atoms with Crippen molar-refractivity contribution in [1.29, 1.82) is 0 Å². The molecule has 0 fully saturated rings. The van der Waals surface area contributed by atoms with Crippen LogP contribution in [0, 0.1) is 6.92 Å². The maximum atomic E-state index is 12.4. The number of thiazole rings is 2. The van der Waals surface area contributed by atoms with Gasteiger partial charge in [-0.3, -0.25) is 4.79 Å². The molecule has 7 heteroatoms. The van der Waals surface area contributed by atoms with Crippen LogP contribution in [0.1, 0.15) is 32.5 Å². The Balaban J connectivity index is 1.22. The van der Waals surface area contributed by atoms with E-state index in [1.807, 2.05) is 49.4 Å². The Morgan fingerprint density at radius 2 is 1.93 bits per heavy atom. The van der Waals surface area contributed by atoms with E-state index in [0.717, 1.165) is 44.7 Å². The minimum Gasteiger partial charge on any atom is -0.352 e. The number of para-hydroxylation sites is 1. The number of hydrogen-bond donors (Lipinski definition) is 1. The summed E-state index contributed by atoms with van der Waals surface area (Å²) in [7, 11) is 0. The van der Waals surface area contributed by atoms with Gasteiger partial charge >= 0.3 is 0 Å². The Bertz CT molecular complexity index is 1070. The molecule has 4 aromatic rings. The summed E-state index contributed by atoms with van der Waals surface area (Å²) < 4.78 is 1.22. The molecule has 0 atom stereocenters. The molecule has 4 rings (SSSR count). The number of fused-ring (bicyclic) bond motifs is 1. The predicted octanol–water partition coefficient (Wildman–Crippen LogP) is 5.72. The zero-order valence-corrected chi connectivity index (χ0v) is 18.5. The predicted molar refractivity (Wildman–Crippen MR) is 123 cm³/mol. The first kappa shape index (κ1) is 20.1. The van der Waals surface area contributed by atoms with Crippen molar-refractivity contribution in [2.75, 3.05) is 6.54 Å². The Morgan fingerprint density at radius 3 is 2.69 bits per heavy atom. The molecule has 0 unspecified atom stereocenters. The number of thioether (sulfide) groups is 1. The summed E-state index contributed by atoms with van der Waals surface area (Å²) in [5.41, 5.74) is 2.85. The highest BCUT2D eigenvalue weighted by molar-refractivity contribution is 7.98. The molecule has 2 aromatic heterocycles. The van der Waals surface area contributed by atoms with Gasteiger partial charge in [-0.05, 0) is 49.7 Å². The number of nitrogens with one attached hydrogen (secondary N) is 1. The summed E-state index contributed by atoms with van der Waals surface area (Å²) in [5, 5.41) is 7.32. The van der Waals surface area contributed by atoms with Gasteiger partial charge < -0.3 is 5.32 Å². The van der Waals surface area contributed by atoms with Gasteiger partial charge in [0.25, 0.3) is 5.91 Å². The molecule has 29 heavy (non-hydrogen) atoms. The van der Waals surface area contributed by atoms with Gasteiger partial charge in [0.05, 0.1) is 25.9 Å². The maximum Gasteiger partial charge on any atom is 0.251 e. The van der Waals surface area contributed by atoms with Gasteiger partial charge in [-0.25, -0.2) is 9.97 Å². The number of aryl methyl sites for hydroxylation is 2. The first-order valence-electron chi connectivity index (χ1n) is 9.44. The fraction of sp³-hybridized carbons (Fsp3) is 0.227. The van der Waals surface area contributed by atoms with E-state index in [2.05, 4.69) is 26.7 Å². The third-order valence-corrected chi connectivity index (χ3v) is 7.33. The fourth-order valence-corrected chi connectivity index (χ4v) is 5.42. The molecular formula is C22H21N3OS3. The van der Waals surface area contributed by atoms with Crippen LogP contribution in [0.25, 0.3) is 10.2 Å². The monoisotopic (exact) mass is 439 g/mol. The Labute approximate surface area is 182 Å². The van der Waals surface area contributed by atoms with Gasteiger partial charge in [-0.2, -0.15) is 0 Å². The highest BCUT2D eigenvalue weighted by Gasteiger charge is 2.07. The SMILES string of the molecule is Cc1nc(CSc2ccc(C(=O)NCCCc3nc4ccccc4s3)cc2)cs1. The van der Waals surface area contributed by atoms with Crippen LogP contribution < -0.4 is 5.32 Å². The van der Waals surface area contributed by atoms with Crippen molar-refractivity contribution < 1.29 is 4.79 Å². The van der Waals surface area contributed by atoms with E-state index in [9.17, 15) is 4.79 Å². The van der Waals surface area contributed by atoms with Crippen molar-refractivity contribution in [3.63, 3.8) is 0 Å². The third kappa shape index (κ3) is 5.44. The number of aromatic nitrogens is 2. The second kappa shape index (κ2) is 9.52. The maximum absolute atomic E-state index is 12.4. The lowest BCUT2D eigenvalue weighted by atomic mass is 10.2. The van der Waals surface area contributed by atoms with E-state index in [1.165, 1.54) is 4.70 Å². The van der Waals surface area contributed by atoms with Crippen LogP contribution in [0.5, 0.6) is 0 Å². The molecule has 2 heterocycles. The van der Waals surface area contributed by atoms with Gasteiger partial charge in [-0.1, -0.05) is 12.1 Å². The number of rotatable bonds is 8. The molecule has 0 aliphatic heterocycles. The Kier molecular flexibility index (Phi) is 6.59.